The monoisotopic (exact) mass is 515 g/mol. The number of benzene rings is 2. The lowest BCUT2D eigenvalue weighted by atomic mass is 9.81. The fourth-order valence-corrected chi connectivity index (χ4v) is 5.36. The Labute approximate surface area is 219 Å². The quantitative estimate of drug-likeness (QED) is 0.309. The van der Waals surface area contributed by atoms with Crippen LogP contribution in [-0.2, 0) is 16.1 Å². The Morgan fingerprint density at radius 2 is 1.62 bits per heavy atom. The molecule has 0 aliphatic heterocycles. The van der Waals surface area contributed by atoms with Crippen LogP contribution < -0.4 is 0 Å². The van der Waals surface area contributed by atoms with Crippen LogP contribution in [0, 0.1) is 5.92 Å². The van der Waals surface area contributed by atoms with Crippen LogP contribution in [0.25, 0.3) is 0 Å². The second kappa shape index (κ2) is 12.8. The average Bonchev–Trinajstić information content (AvgIpc) is 2.85. The van der Waals surface area contributed by atoms with Crippen LogP contribution in [0.3, 0.4) is 0 Å². The van der Waals surface area contributed by atoms with Crippen molar-refractivity contribution < 1.29 is 35.1 Å². The van der Waals surface area contributed by atoms with Crippen LogP contribution in [0.5, 0.6) is 5.75 Å². The zero-order valence-corrected chi connectivity index (χ0v) is 22.1. The van der Waals surface area contributed by atoms with E-state index < -0.39 is 36.3 Å². The Kier molecular flexibility index (Phi) is 10.1. The number of phenolic OH excluding ortho intramolecular Hbond substituents is 1. The highest BCUT2D eigenvalue weighted by molar-refractivity contribution is 5.71. The smallest absolute Gasteiger partial charge is 0.309 e. The van der Waals surface area contributed by atoms with Gasteiger partial charge in [0.25, 0.3) is 0 Å². The van der Waals surface area contributed by atoms with Gasteiger partial charge in [-0.05, 0) is 70.3 Å². The molecule has 0 aromatic heterocycles. The van der Waals surface area contributed by atoms with Gasteiger partial charge >= 0.3 is 5.97 Å². The van der Waals surface area contributed by atoms with Gasteiger partial charge in [-0.25, -0.2) is 0 Å². The number of aliphatic hydroxyl groups excluding tert-OH is 3. The van der Waals surface area contributed by atoms with Crippen molar-refractivity contribution in [3.63, 3.8) is 0 Å². The van der Waals surface area contributed by atoms with Crippen molar-refractivity contribution >= 4 is 5.97 Å². The van der Waals surface area contributed by atoms with E-state index in [1.54, 1.807) is 12.1 Å². The number of carbonyl (C=O) groups is 1. The van der Waals surface area contributed by atoms with Gasteiger partial charge in [-0.2, -0.15) is 0 Å². The van der Waals surface area contributed by atoms with Gasteiger partial charge in [0.1, 0.15) is 18.0 Å². The number of hydrogen-bond acceptors (Lipinski definition) is 7. The van der Waals surface area contributed by atoms with E-state index in [1.165, 1.54) is 0 Å². The first kappa shape index (κ1) is 29.1. The lowest BCUT2D eigenvalue weighted by Crippen LogP contribution is -2.56. The number of hydrogen-bond donors (Lipinski definition) is 5. The number of ether oxygens (including phenoxy) is 1. The Bertz CT molecular complexity index is 1000. The van der Waals surface area contributed by atoms with Crippen molar-refractivity contribution in [3.05, 3.63) is 65.2 Å². The van der Waals surface area contributed by atoms with Crippen molar-refractivity contribution in [2.45, 2.75) is 89.6 Å². The molecule has 2 aromatic carbocycles. The van der Waals surface area contributed by atoms with Gasteiger partial charge in [-0.3, -0.25) is 9.69 Å². The topological polar surface area (TPSA) is 131 Å². The van der Waals surface area contributed by atoms with Gasteiger partial charge in [0, 0.05) is 23.6 Å². The molecule has 0 amide bonds. The van der Waals surface area contributed by atoms with Gasteiger partial charge in [0.15, 0.2) is 0 Å². The van der Waals surface area contributed by atoms with Crippen molar-refractivity contribution in [2.75, 3.05) is 6.54 Å². The van der Waals surface area contributed by atoms with Gasteiger partial charge in [-0.1, -0.05) is 36.4 Å². The van der Waals surface area contributed by atoms with E-state index in [4.69, 9.17) is 4.74 Å². The maximum atomic E-state index is 11.5. The van der Waals surface area contributed by atoms with Gasteiger partial charge in [0.05, 0.1) is 24.7 Å². The van der Waals surface area contributed by atoms with E-state index in [1.807, 2.05) is 24.3 Å². The van der Waals surface area contributed by atoms with E-state index in [0.717, 1.165) is 29.7 Å². The van der Waals surface area contributed by atoms with Gasteiger partial charge in [0.2, 0.25) is 0 Å². The van der Waals surface area contributed by atoms with Crippen molar-refractivity contribution in [1.29, 1.82) is 0 Å². The molecule has 0 spiro atoms. The van der Waals surface area contributed by atoms with Crippen molar-refractivity contribution in [3.8, 4) is 5.75 Å². The Hall–Kier alpha value is -2.49. The summed E-state index contributed by atoms with van der Waals surface area (Å²) in [6, 6.07) is 16.1. The summed E-state index contributed by atoms with van der Waals surface area (Å²) in [5, 5.41) is 50.7. The second-order valence-electron chi connectivity index (χ2n) is 10.6. The number of aromatic hydroxyl groups is 1. The molecule has 0 saturated heterocycles. The number of carboxylic acids is 1. The zero-order valence-electron chi connectivity index (χ0n) is 22.1. The fraction of sp³-hybridized carbons (Fsp3) is 0.552. The first-order valence-electron chi connectivity index (χ1n) is 13.0. The summed E-state index contributed by atoms with van der Waals surface area (Å²) in [6.45, 7) is 9.61. The molecule has 0 radical (unpaired) electrons. The second-order valence-corrected chi connectivity index (χ2v) is 10.6. The highest BCUT2D eigenvalue weighted by Gasteiger charge is 2.46. The SMILES string of the molecule is CC(C)N(CCC(c1ccccc1)c1cc(CO[C@@H]2C[C@H](C(=O)O)C(O)[C@H](O)C2O)ccc1O)C(C)C. The highest BCUT2D eigenvalue weighted by atomic mass is 16.5. The molecular weight excluding hydrogens is 474 g/mol. The molecule has 0 heterocycles. The van der Waals surface area contributed by atoms with Crippen LogP contribution >= 0.6 is 0 Å². The molecule has 204 valence electrons. The van der Waals surface area contributed by atoms with Crippen LogP contribution in [0.1, 0.15) is 63.1 Å². The minimum Gasteiger partial charge on any atom is -0.508 e. The average molecular weight is 516 g/mol. The molecule has 6 atom stereocenters. The van der Waals surface area contributed by atoms with E-state index >= 15 is 0 Å². The molecule has 3 unspecified atom stereocenters. The summed E-state index contributed by atoms with van der Waals surface area (Å²) in [5.74, 6) is -2.36. The number of nitrogens with zero attached hydrogens (tertiary/aromatic N) is 1. The Morgan fingerprint density at radius 3 is 2.22 bits per heavy atom. The standard InChI is InChI=1S/C29H41NO7/c1-17(2)30(18(3)4)13-12-21(20-8-6-5-7-9-20)22-14-19(10-11-24(22)31)16-37-25-15-23(29(35)36)26(32)28(34)27(25)33/h5-11,14,17-18,21,23,25-28,31-34H,12-13,15-16H2,1-4H3,(H,35,36)/t21?,23-,25+,26?,27?,28-/m0/s1. The predicted octanol–water partition coefficient (Wildman–Crippen LogP) is 3.11. The summed E-state index contributed by atoms with van der Waals surface area (Å²) < 4.78 is 5.85. The molecule has 37 heavy (non-hydrogen) atoms. The first-order chi connectivity index (χ1) is 17.5. The number of aliphatic hydroxyl groups is 3. The Morgan fingerprint density at radius 1 is 0.973 bits per heavy atom. The number of aliphatic carboxylic acids is 1. The van der Waals surface area contributed by atoms with Crippen LogP contribution in [0.4, 0.5) is 0 Å². The maximum Gasteiger partial charge on any atom is 0.309 e. The molecule has 5 N–H and O–H groups in total. The van der Waals surface area contributed by atoms with E-state index in [-0.39, 0.29) is 24.7 Å². The lowest BCUT2D eigenvalue weighted by Gasteiger charge is -2.38. The van der Waals surface area contributed by atoms with E-state index in [9.17, 15) is 30.3 Å². The maximum absolute atomic E-state index is 11.5. The molecule has 1 aliphatic carbocycles. The highest BCUT2D eigenvalue weighted by Crippen LogP contribution is 2.36. The number of carboxylic acid groups (broad SMARTS) is 1. The van der Waals surface area contributed by atoms with Crippen LogP contribution in [0.15, 0.2) is 48.5 Å². The zero-order chi connectivity index (χ0) is 27.3. The van der Waals surface area contributed by atoms with E-state index in [0.29, 0.717) is 12.1 Å². The van der Waals surface area contributed by atoms with Crippen LogP contribution in [-0.4, -0.2) is 79.4 Å². The molecular formula is C29H41NO7. The third-order valence-corrected chi connectivity index (χ3v) is 7.43. The molecule has 8 heteroatoms. The van der Waals surface area contributed by atoms with Crippen molar-refractivity contribution in [1.82, 2.24) is 4.90 Å². The number of phenols is 1. The predicted molar refractivity (Wildman–Crippen MR) is 140 cm³/mol. The summed E-state index contributed by atoms with van der Waals surface area (Å²) >= 11 is 0. The molecule has 3 rings (SSSR count). The van der Waals surface area contributed by atoms with Gasteiger partial charge < -0.3 is 30.3 Å². The molecule has 8 nitrogen and oxygen atoms in total. The first-order valence-corrected chi connectivity index (χ1v) is 13.0. The summed E-state index contributed by atoms with van der Waals surface area (Å²) in [6.07, 6.45) is -4.85. The third kappa shape index (κ3) is 7.09. The summed E-state index contributed by atoms with van der Waals surface area (Å²) in [4.78, 5) is 13.9. The molecule has 1 saturated carbocycles. The number of rotatable bonds is 11. The van der Waals surface area contributed by atoms with Gasteiger partial charge in [-0.15, -0.1) is 0 Å². The fourth-order valence-electron chi connectivity index (χ4n) is 5.36. The normalized spacial score (nSPS) is 25.1. The van der Waals surface area contributed by atoms with Crippen molar-refractivity contribution in [2.24, 2.45) is 5.92 Å². The molecule has 1 fully saturated rings. The molecule has 2 aromatic rings. The minimum atomic E-state index is -1.61. The largest absolute Gasteiger partial charge is 0.508 e. The minimum absolute atomic E-state index is 0.0514. The van der Waals surface area contributed by atoms with Crippen LogP contribution in [0.2, 0.25) is 0 Å². The summed E-state index contributed by atoms with van der Waals surface area (Å²) in [7, 11) is 0. The summed E-state index contributed by atoms with van der Waals surface area (Å²) in [5.41, 5.74) is 2.60. The van der Waals surface area contributed by atoms with E-state index in [2.05, 4.69) is 44.7 Å². The molecule has 1 aliphatic rings. The Balaban J connectivity index is 1.82. The molecule has 0 bridgehead atoms. The third-order valence-electron chi connectivity index (χ3n) is 7.43. The lowest BCUT2D eigenvalue weighted by molar-refractivity contribution is -0.188.